The molecule has 0 fully saturated rings. The van der Waals surface area contributed by atoms with E-state index in [1.807, 2.05) is 24.3 Å². The number of anilines is 1. The molecule has 1 aromatic carbocycles. The van der Waals surface area contributed by atoms with Crippen LogP contribution in [0.25, 0.3) is 0 Å². The highest BCUT2D eigenvalue weighted by molar-refractivity contribution is 9.10. The van der Waals surface area contributed by atoms with E-state index in [9.17, 15) is 9.59 Å². The van der Waals surface area contributed by atoms with Crippen LogP contribution in [0.5, 0.6) is 0 Å². The van der Waals surface area contributed by atoms with E-state index >= 15 is 0 Å². The highest BCUT2D eigenvalue weighted by atomic mass is 79.9. The molecule has 0 aliphatic rings. The monoisotopic (exact) mass is 417 g/mol. The first-order chi connectivity index (χ1) is 12.5. The number of nitrogens with zero attached hydrogens (tertiary/aromatic N) is 2. The van der Waals surface area contributed by atoms with Gasteiger partial charge in [0.2, 0.25) is 0 Å². The summed E-state index contributed by atoms with van der Waals surface area (Å²) in [5, 5.41) is 6.76. The maximum atomic E-state index is 11.9. The zero-order valence-corrected chi connectivity index (χ0v) is 15.5. The smallest absolute Gasteiger partial charge is 0.412 e. The Bertz CT molecular complexity index is 915. The number of halogens is 1. The van der Waals surface area contributed by atoms with E-state index in [0.29, 0.717) is 23.8 Å². The molecule has 0 unspecified atom stereocenters. The second-order valence-corrected chi connectivity index (χ2v) is 6.49. The quantitative estimate of drug-likeness (QED) is 0.606. The maximum absolute atomic E-state index is 11.9. The number of hydrogen-bond acceptors (Lipinski definition) is 5. The molecule has 0 aliphatic carbocycles. The van der Waals surface area contributed by atoms with Gasteiger partial charge in [-0.25, -0.2) is 4.79 Å². The van der Waals surface area contributed by atoms with E-state index in [4.69, 9.17) is 9.15 Å². The van der Waals surface area contributed by atoms with Crippen LogP contribution in [0.1, 0.15) is 28.8 Å². The molecule has 0 aliphatic heterocycles. The molecule has 1 amide bonds. The minimum atomic E-state index is -0.565. The predicted octanol–water partition coefficient (Wildman–Crippen LogP) is 4.24. The lowest BCUT2D eigenvalue weighted by molar-refractivity contribution is 0.0985. The number of benzene rings is 1. The minimum absolute atomic E-state index is 0.132. The summed E-state index contributed by atoms with van der Waals surface area (Å²) < 4.78 is 13.1. The number of hydrogen-bond donors (Lipinski definition) is 1. The number of amides is 1. The third kappa shape index (κ3) is 4.82. The molecule has 0 atom stereocenters. The van der Waals surface area contributed by atoms with Crippen molar-refractivity contribution >= 4 is 33.5 Å². The molecule has 1 N–H and O–H groups in total. The fourth-order valence-corrected chi connectivity index (χ4v) is 2.47. The van der Waals surface area contributed by atoms with Crippen molar-refractivity contribution in [2.75, 3.05) is 5.32 Å². The van der Waals surface area contributed by atoms with Crippen molar-refractivity contribution in [2.24, 2.45) is 0 Å². The first-order valence-corrected chi connectivity index (χ1v) is 8.59. The van der Waals surface area contributed by atoms with E-state index in [2.05, 4.69) is 26.3 Å². The Labute approximate surface area is 158 Å². The standard InChI is InChI=1S/C18H16BrN3O4/c1-12(23)17-7-6-16(26-17)10-22-9-15(8-20-22)21-18(24)25-11-13-2-4-14(19)5-3-13/h2-9H,10-11H2,1H3,(H,21,24). The van der Waals surface area contributed by atoms with E-state index in [0.717, 1.165) is 10.0 Å². The lowest BCUT2D eigenvalue weighted by Gasteiger charge is -2.05. The van der Waals surface area contributed by atoms with Crippen LogP contribution in [0.4, 0.5) is 10.5 Å². The summed E-state index contributed by atoms with van der Waals surface area (Å²) in [5.41, 5.74) is 1.39. The highest BCUT2D eigenvalue weighted by Gasteiger charge is 2.09. The van der Waals surface area contributed by atoms with Gasteiger partial charge >= 0.3 is 6.09 Å². The molecule has 8 heteroatoms. The van der Waals surface area contributed by atoms with Crippen molar-refractivity contribution < 1.29 is 18.7 Å². The normalized spacial score (nSPS) is 10.5. The Morgan fingerprint density at radius 1 is 1.23 bits per heavy atom. The fourth-order valence-electron chi connectivity index (χ4n) is 2.21. The molecule has 0 spiro atoms. The number of aromatic nitrogens is 2. The molecule has 3 rings (SSSR count). The van der Waals surface area contributed by atoms with E-state index < -0.39 is 6.09 Å². The molecule has 0 bridgehead atoms. The van der Waals surface area contributed by atoms with Gasteiger partial charge in [0.1, 0.15) is 12.4 Å². The van der Waals surface area contributed by atoms with Gasteiger partial charge in [-0.15, -0.1) is 0 Å². The van der Waals surface area contributed by atoms with Crippen LogP contribution in [-0.2, 0) is 17.9 Å². The second kappa shape index (κ2) is 8.01. The van der Waals surface area contributed by atoms with Gasteiger partial charge in [0, 0.05) is 17.6 Å². The van der Waals surface area contributed by atoms with Crippen molar-refractivity contribution in [1.82, 2.24) is 9.78 Å². The molecule has 2 heterocycles. The number of nitrogens with one attached hydrogen (secondary N) is 1. The topological polar surface area (TPSA) is 86.4 Å². The summed E-state index contributed by atoms with van der Waals surface area (Å²) in [6.07, 6.45) is 2.59. The number of furan rings is 1. The summed E-state index contributed by atoms with van der Waals surface area (Å²) in [6, 6.07) is 10.8. The van der Waals surface area contributed by atoms with Crippen molar-refractivity contribution in [3.63, 3.8) is 0 Å². The van der Waals surface area contributed by atoms with Crippen LogP contribution >= 0.6 is 15.9 Å². The van der Waals surface area contributed by atoms with Gasteiger partial charge in [-0.3, -0.25) is 14.8 Å². The molecule has 3 aromatic rings. The zero-order valence-electron chi connectivity index (χ0n) is 13.9. The number of ether oxygens (including phenoxy) is 1. The predicted molar refractivity (Wildman–Crippen MR) is 98.0 cm³/mol. The molecule has 0 saturated carbocycles. The van der Waals surface area contributed by atoms with E-state index in [-0.39, 0.29) is 12.4 Å². The largest absolute Gasteiger partial charge is 0.456 e. The average Bonchev–Trinajstić information content (AvgIpc) is 3.24. The lowest BCUT2D eigenvalue weighted by atomic mass is 10.2. The van der Waals surface area contributed by atoms with Crippen molar-refractivity contribution in [3.05, 3.63) is 70.3 Å². The van der Waals surface area contributed by atoms with Gasteiger partial charge in [0.15, 0.2) is 11.5 Å². The summed E-state index contributed by atoms with van der Waals surface area (Å²) in [5.74, 6) is 0.775. The average molecular weight is 418 g/mol. The summed E-state index contributed by atoms with van der Waals surface area (Å²) in [4.78, 5) is 23.1. The molecule has 0 saturated heterocycles. The number of carbonyl (C=O) groups excluding carboxylic acids is 2. The van der Waals surface area contributed by atoms with Gasteiger partial charge in [0.25, 0.3) is 0 Å². The number of carbonyl (C=O) groups is 2. The van der Waals surface area contributed by atoms with E-state index in [1.165, 1.54) is 13.1 Å². The Morgan fingerprint density at radius 2 is 2.00 bits per heavy atom. The Balaban J connectivity index is 1.51. The number of Topliss-reactive ketones (excluding diaryl/α,β-unsaturated/α-hetero) is 1. The Kier molecular flexibility index (Phi) is 5.52. The molecular formula is C18H16BrN3O4. The Hall–Kier alpha value is -2.87. The van der Waals surface area contributed by atoms with Gasteiger partial charge in [-0.05, 0) is 29.8 Å². The summed E-state index contributed by atoms with van der Waals surface area (Å²) in [6.45, 7) is 1.97. The third-order valence-electron chi connectivity index (χ3n) is 3.49. The van der Waals surface area contributed by atoms with Gasteiger partial charge in [0.05, 0.1) is 18.4 Å². The summed E-state index contributed by atoms with van der Waals surface area (Å²) in [7, 11) is 0. The minimum Gasteiger partial charge on any atom is -0.456 e. The molecule has 0 radical (unpaired) electrons. The van der Waals surface area contributed by atoms with Crippen LogP contribution in [0.2, 0.25) is 0 Å². The first-order valence-electron chi connectivity index (χ1n) is 7.80. The molecule has 7 nitrogen and oxygen atoms in total. The first kappa shape index (κ1) is 17.9. The van der Waals surface area contributed by atoms with Crippen molar-refractivity contribution in [2.45, 2.75) is 20.1 Å². The molecular weight excluding hydrogens is 402 g/mol. The Morgan fingerprint density at radius 3 is 2.69 bits per heavy atom. The summed E-state index contributed by atoms with van der Waals surface area (Å²) >= 11 is 3.35. The molecule has 2 aromatic heterocycles. The van der Waals surface area contributed by atoms with Gasteiger partial charge in [-0.1, -0.05) is 28.1 Å². The lowest BCUT2D eigenvalue weighted by Crippen LogP contribution is -2.13. The molecule has 26 heavy (non-hydrogen) atoms. The SMILES string of the molecule is CC(=O)c1ccc(Cn2cc(NC(=O)OCc3ccc(Br)cc3)cn2)o1. The van der Waals surface area contributed by atoms with Gasteiger partial charge in [-0.2, -0.15) is 5.10 Å². The zero-order chi connectivity index (χ0) is 18.5. The van der Waals surface area contributed by atoms with Crippen molar-refractivity contribution in [1.29, 1.82) is 0 Å². The number of rotatable bonds is 6. The van der Waals surface area contributed by atoms with Crippen LogP contribution in [0, 0.1) is 0 Å². The van der Waals surface area contributed by atoms with Crippen LogP contribution in [0.3, 0.4) is 0 Å². The maximum Gasteiger partial charge on any atom is 0.412 e. The fraction of sp³-hybridized carbons (Fsp3) is 0.167. The van der Waals surface area contributed by atoms with Gasteiger partial charge < -0.3 is 9.15 Å². The van der Waals surface area contributed by atoms with Crippen LogP contribution < -0.4 is 5.32 Å². The van der Waals surface area contributed by atoms with Crippen molar-refractivity contribution in [3.8, 4) is 0 Å². The van der Waals surface area contributed by atoms with E-state index in [1.54, 1.807) is 23.0 Å². The number of ketones is 1. The third-order valence-corrected chi connectivity index (χ3v) is 4.02. The highest BCUT2D eigenvalue weighted by Crippen LogP contribution is 2.13. The molecule has 134 valence electrons. The van der Waals surface area contributed by atoms with Crippen LogP contribution in [0.15, 0.2) is 57.7 Å². The van der Waals surface area contributed by atoms with Crippen LogP contribution in [-0.4, -0.2) is 21.7 Å². The second-order valence-electron chi connectivity index (χ2n) is 5.58.